The molecule has 6 nitrogen and oxygen atoms in total. The fraction of sp³-hybridized carbons (Fsp3) is 0.0465. The van der Waals surface area contributed by atoms with Gasteiger partial charge in [-0.25, -0.2) is 0 Å². The molecule has 0 aliphatic heterocycles. The van der Waals surface area contributed by atoms with E-state index in [1.54, 1.807) is 47.4 Å². The van der Waals surface area contributed by atoms with E-state index in [4.69, 9.17) is 0 Å². The van der Waals surface area contributed by atoms with Gasteiger partial charge in [0.2, 0.25) is 5.91 Å². The van der Waals surface area contributed by atoms with Crippen molar-refractivity contribution in [1.82, 2.24) is 5.32 Å². The van der Waals surface area contributed by atoms with Crippen LogP contribution in [0.4, 0.5) is 17.1 Å². The number of amides is 3. The highest BCUT2D eigenvalue weighted by molar-refractivity contribution is 8.00. The molecule has 6 rings (SSSR count). The van der Waals surface area contributed by atoms with Gasteiger partial charge in [0.15, 0.2) is 0 Å². The highest BCUT2D eigenvalue weighted by Crippen LogP contribution is 2.32. The third kappa shape index (κ3) is 8.64. The first-order chi connectivity index (χ1) is 24.4. The minimum atomic E-state index is -0.466. The number of para-hydroxylation sites is 2. The SMILES string of the molecule is CC(Sc1ccc(NC(=O)/C(=C/c2ccc(-c3ccccc3)cc2)NC(=O)c2ccccc2)cc1)C(=O)N(c1ccccc1)c1ccccc1. The molecule has 0 aliphatic carbocycles. The van der Waals surface area contributed by atoms with Crippen LogP contribution in [0.25, 0.3) is 17.2 Å². The van der Waals surface area contributed by atoms with Crippen LogP contribution in [0, 0.1) is 0 Å². The molecule has 0 saturated heterocycles. The molecule has 0 aromatic heterocycles. The maximum atomic E-state index is 13.8. The van der Waals surface area contributed by atoms with Gasteiger partial charge in [0, 0.05) is 27.5 Å². The topological polar surface area (TPSA) is 78.5 Å². The average molecular weight is 674 g/mol. The molecule has 6 aromatic carbocycles. The lowest BCUT2D eigenvalue weighted by Gasteiger charge is -2.26. The fourth-order valence-corrected chi connectivity index (χ4v) is 6.23. The van der Waals surface area contributed by atoms with Crippen molar-refractivity contribution in [3.8, 4) is 11.1 Å². The quantitative estimate of drug-likeness (QED) is 0.106. The fourth-order valence-electron chi connectivity index (χ4n) is 5.32. The largest absolute Gasteiger partial charge is 0.321 e. The summed E-state index contributed by atoms with van der Waals surface area (Å²) in [4.78, 5) is 43.1. The molecule has 0 bridgehead atoms. The predicted molar refractivity (Wildman–Crippen MR) is 204 cm³/mol. The van der Waals surface area contributed by atoms with Gasteiger partial charge in [-0.15, -0.1) is 11.8 Å². The average Bonchev–Trinajstić information content (AvgIpc) is 3.17. The van der Waals surface area contributed by atoms with E-state index in [0.717, 1.165) is 33.0 Å². The van der Waals surface area contributed by atoms with Gasteiger partial charge in [-0.3, -0.25) is 19.3 Å². The molecule has 3 amide bonds. The van der Waals surface area contributed by atoms with Gasteiger partial charge in [-0.05, 0) is 90.4 Å². The van der Waals surface area contributed by atoms with Gasteiger partial charge in [0.25, 0.3) is 11.8 Å². The molecule has 0 fully saturated rings. The number of benzene rings is 6. The Bertz CT molecular complexity index is 2030. The molecular formula is C43H35N3O3S. The summed E-state index contributed by atoms with van der Waals surface area (Å²) >= 11 is 1.44. The lowest BCUT2D eigenvalue weighted by Crippen LogP contribution is -2.32. The molecule has 2 N–H and O–H groups in total. The molecule has 6 aromatic rings. The van der Waals surface area contributed by atoms with Crippen LogP contribution in [-0.4, -0.2) is 23.0 Å². The summed E-state index contributed by atoms with van der Waals surface area (Å²) in [5, 5.41) is 5.32. The molecule has 0 aliphatic rings. The molecule has 50 heavy (non-hydrogen) atoms. The summed E-state index contributed by atoms with van der Waals surface area (Å²) in [5.41, 5.74) is 5.57. The maximum absolute atomic E-state index is 13.8. The summed E-state index contributed by atoms with van der Waals surface area (Å²) in [7, 11) is 0. The zero-order valence-corrected chi connectivity index (χ0v) is 28.2. The number of thioether (sulfide) groups is 1. The van der Waals surface area contributed by atoms with Crippen LogP contribution in [0.2, 0.25) is 0 Å². The van der Waals surface area contributed by atoms with E-state index in [0.29, 0.717) is 11.3 Å². The van der Waals surface area contributed by atoms with Crippen LogP contribution in [-0.2, 0) is 9.59 Å². The van der Waals surface area contributed by atoms with E-state index in [-0.39, 0.29) is 11.6 Å². The summed E-state index contributed by atoms with van der Waals surface area (Å²) in [6, 6.07) is 53.1. The van der Waals surface area contributed by atoms with E-state index >= 15 is 0 Å². The second-order valence-electron chi connectivity index (χ2n) is 11.4. The maximum Gasteiger partial charge on any atom is 0.272 e. The molecular weight excluding hydrogens is 639 g/mol. The number of rotatable bonds is 11. The van der Waals surface area contributed by atoms with Gasteiger partial charge in [0.1, 0.15) is 5.70 Å². The van der Waals surface area contributed by atoms with E-state index < -0.39 is 17.1 Å². The van der Waals surface area contributed by atoms with Crippen LogP contribution in [0.15, 0.2) is 180 Å². The third-order valence-electron chi connectivity index (χ3n) is 7.88. The van der Waals surface area contributed by atoms with Crippen molar-refractivity contribution in [1.29, 1.82) is 0 Å². The molecule has 246 valence electrons. The normalized spacial score (nSPS) is 11.7. The summed E-state index contributed by atoms with van der Waals surface area (Å²) in [6.07, 6.45) is 1.66. The molecule has 7 heteroatoms. The number of anilines is 3. The first-order valence-corrected chi connectivity index (χ1v) is 17.1. The molecule has 0 saturated carbocycles. The number of hydrogen-bond donors (Lipinski definition) is 2. The van der Waals surface area contributed by atoms with Crippen LogP contribution in [0.1, 0.15) is 22.8 Å². The van der Waals surface area contributed by atoms with Gasteiger partial charge in [0.05, 0.1) is 5.25 Å². The summed E-state index contributed by atoms with van der Waals surface area (Å²) < 4.78 is 0. The minimum absolute atomic E-state index is 0.0504. The van der Waals surface area contributed by atoms with Crippen LogP contribution < -0.4 is 15.5 Å². The van der Waals surface area contributed by atoms with Crippen LogP contribution in [0.3, 0.4) is 0 Å². The van der Waals surface area contributed by atoms with E-state index in [1.807, 2.05) is 140 Å². The lowest BCUT2D eigenvalue weighted by molar-refractivity contribution is -0.117. The number of hydrogen-bond acceptors (Lipinski definition) is 4. The number of carbonyl (C=O) groups is 3. The summed E-state index contributed by atoms with van der Waals surface area (Å²) in [6.45, 7) is 1.89. The highest BCUT2D eigenvalue weighted by Gasteiger charge is 2.24. The third-order valence-corrected chi connectivity index (χ3v) is 8.98. The van der Waals surface area contributed by atoms with Crippen molar-refractivity contribution < 1.29 is 14.4 Å². The number of nitrogens with zero attached hydrogens (tertiary/aromatic N) is 1. The summed E-state index contributed by atoms with van der Waals surface area (Å²) in [5.74, 6) is -0.907. The molecule has 1 atom stereocenters. The number of carbonyl (C=O) groups excluding carboxylic acids is 3. The first kappa shape index (κ1) is 33.7. The van der Waals surface area contributed by atoms with E-state index in [1.165, 1.54) is 11.8 Å². The molecule has 0 radical (unpaired) electrons. The van der Waals surface area contributed by atoms with Crippen molar-refractivity contribution >= 4 is 52.6 Å². The van der Waals surface area contributed by atoms with Gasteiger partial charge < -0.3 is 10.6 Å². The second-order valence-corrected chi connectivity index (χ2v) is 12.9. The Hall–Kier alpha value is -6.18. The van der Waals surface area contributed by atoms with Crippen molar-refractivity contribution in [3.05, 3.63) is 187 Å². The smallest absolute Gasteiger partial charge is 0.272 e. The highest BCUT2D eigenvalue weighted by atomic mass is 32.2. The molecule has 0 spiro atoms. The van der Waals surface area contributed by atoms with Gasteiger partial charge >= 0.3 is 0 Å². The van der Waals surface area contributed by atoms with Crippen molar-refractivity contribution in [2.45, 2.75) is 17.1 Å². The molecule has 0 heterocycles. The van der Waals surface area contributed by atoms with E-state index in [9.17, 15) is 14.4 Å². The Morgan fingerprint density at radius 2 is 1.10 bits per heavy atom. The van der Waals surface area contributed by atoms with Crippen molar-refractivity contribution in [2.24, 2.45) is 0 Å². The first-order valence-electron chi connectivity index (χ1n) is 16.2. The second kappa shape index (κ2) is 16.3. The Morgan fingerprint density at radius 1 is 0.600 bits per heavy atom. The van der Waals surface area contributed by atoms with Crippen molar-refractivity contribution in [3.63, 3.8) is 0 Å². The van der Waals surface area contributed by atoms with Crippen LogP contribution in [0.5, 0.6) is 0 Å². The standard InChI is InChI=1S/C43H35N3O3S/c1-31(43(49)46(37-18-10-4-11-19-37)38-20-12-5-13-21-38)50-39-28-26-36(27-29-39)44-42(48)40(45-41(47)35-16-8-3-9-17-35)30-32-22-24-34(25-23-32)33-14-6-2-7-15-33/h2-31H,1H3,(H,44,48)(H,45,47)/b40-30-. The monoisotopic (exact) mass is 673 g/mol. The Morgan fingerprint density at radius 3 is 1.66 bits per heavy atom. The van der Waals surface area contributed by atoms with Gasteiger partial charge in [-0.1, -0.05) is 109 Å². The zero-order valence-electron chi connectivity index (χ0n) is 27.4. The van der Waals surface area contributed by atoms with Crippen LogP contribution >= 0.6 is 11.8 Å². The Kier molecular flexibility index (Phi) is 11.0. The van der Waals surface area contributed by atoms with Gasteiger partial charge in [-0.2, -0.15) is 0 Å². The number of nitrogens with one attached hydrogen (secondary N) is 2. The van der Waals surface area contributed by atoms with E-state index in [2.05, 4.69) is 10.6 Å². The predicted octanol–water partition coefficient (Wildman–Crippen LogP) is 9.61. The Balaban J connectivity index is 1.17. The molecule has 1 unspecified atom stereocenters. The minimum Gasteiger partial charge on any atom is -0.321 e. The Labute approximate surface area is 296 Å². The zero-order chi connectivity index (χ0) is 34.7. The lowest BCUT2D eigenvalue weighted by atomic mass is 10.0. The van der Waals surface area contributed by atoms with Crippen molar-refractivity contribution in [2.75, 3.05) is 10.2 Å².